The normalized spacial score (nSPS) is 24.1. The molecule has 0 spiro atoms. The molecule has 0 saturated carbocycles. The van der Waals surface area contributed by atoms with Gasteiger partial charge in [-0.1, -0.05) is 0 Å². The van der Waals surface area contributed by atoms with Gasteiger partial charge in [-0.05, 0) is 19.1 Å². The SMILES string of the molecule is CC1OC(c2cnn(-c3cccnn3)c2)O1. The van der Waals surface area contributed by atoms with E-state index in [-0.39, 0.29) is 12.6 Å². The highest BCUT2D eigenvalue weighted by atomic mass is 16.9. The van der Waals surface area contributed by atoms with Crippen molar-refractivity contribution < 1.29 is 9.47 Å². The van der Waals surface area contributed by atoms with E-state index in [1.807, 2.05) is 25.3 Å². The summed E-state index contributed by atoms with van der Waals surface area (Å²) in [5.41, 5.74) is 0.878. The predicted octanol–water partition coefficient (Wildman–Crippen LogP) is 1.05. The van der Waals surface area contributed by atoms with Crippen LogP contribution < -0.4 is 0 Å². The van der Waals surface area contributed by atoms with Crippen LogP contribution >= 0.6 is 0 Å². The van der Waals surface area contributed by atoms with Gasteiger partial charge in [-0.15, -0.1) is 5.10 Å². The average molecular weight is 218 g/mol. The molecule has 3 heterocycles. The first-order valence-corrected chi connectivity index (χ1v) is 4.96. The maximum absolute atomic E-state index is 5.36. The van der Waals surface area contributed by atoms with Crippen LogP contribution in [-0.2, 0) is 9.47 Å². The Bertz CT molecular complexity index is 479. The average Bonchev–Trinajstić information content (AvgIpc) is 2.75. The molecule has 0 unspecified atom stereocenters. The fourth-order valence-electron chi connectivity index (χ4n) is 1.51. The smallest absolute Gasteiger partial charge is 0.192 e. The van der Waals surface area contributed by atoms with E-state index in [1.54, 1.807) is 17.1 Å². The van der Waals surface area contributed by atoms with Gasteiger partial charge in [0.15, 0.2) is 18.4 Å². The Morgan fingerprint density at radius 3 is 2.94 bits per heavy atom. The van der Waals surface area contributed by atoms with Crippen molar-refractivity contribution in [3.05, 3.63) is 36.3 Å². The van der Waals surface area contributed by atoms with Crippen molar-refractivity contribution in [2.24, 2.45) is 0 Å². The lowest BCUT2D eigenvalue weighted by Gasteiger charge is -2.32. The molecule has 2 aromatic rings. The molecule has 0 atom stereocenters. The zero-order chi connectivity index (χ0) is 11.0. The Balaban J connectivity index is 1.83. The minimum absolute atomic E-state index is 0.134. The molecule has 1 aliphatic heterocycles. The molecule has 0 aliphatic carbocycles. The van der Waals surface area contributed by atoms with Crippen LogP contribution in [0.15, 0.2) is 30.7 Å². The number of hydrogen-bond acceptors (Lipinski definition) is 5. The Morgan fingerprint density at radius 1 is 1.38 bits per heavy atom. The lowest BCUT2D eigenvalue weighted by atomic mass is 10.3. The van der Waals surface area contributed by atoms with Gasteiger partial charge in [0.1, 0.15) is 0 Å². The number of ether oxygens (including phenoxy) is 2. The molecule has 1 aliphatic rings. The van der Waals surface area contributed by atoms with Crippen LogP contribution in [0.2, 0.25) is 0 Å². The molecule has 0 amide bonds. The Morgan fingerprint density at radius 2 is 2.25 bits per heavy atom. The molecular weight excluding hydrogens is 208 g/mol. The number of nitrogens with zero attached hydrogens (tertiary/aromatic N) is 4. The van der Waals surface area contributed by atoms with Crippen molar-refractivity contribution in [3.63, 3.8) is 0 Å². The molecule has 6 nitrogen and oxygen atoms in total. The van der Waals surface area contributed by atoms with Gasteiger partial charge in [-0.2, -0.15) is 10.2 Å². The second kappa shape index (κ2) is 3.66. The minimum Gasteiger partial charge on any atom is -0.319 e. The zero-order valence-corrected chi connectivity index (χ0v) is 8.65. The molecule has 16 heavy (non-hydrogen) atoms. The van der Waals surface area contributed by atoms with Gasteiger partial charge in [-0.25, -0.2) is 4.68 Å². The third-order valence-corrected chi connectivity index (χ3v) is 2.30. The Labute approximate surface area is 91.8 Å². The van der Waals surface area contributed by atoms with Crippen molar-refractivity contribution >= 4 is 0 Å². The van der Waals surface area contributed by atoms with Gasteiger partial charge in [0.25, 0.3) is 0 Å². The third kappa shape index (κ3) is 1.58. The second-order valence-corrected chi connectivity index (χ2v) is 3.47. The second-order valence-electron chi connectivity index (χ2n) is 3.47. The summed E-state index contributed by atoms with van der Waals surface area (Å²) in [7, 11) is 0. The largest absolute Gasteiger partial charge is 0.319 e. The number of aromatic nitrogens is 4. The van der Waals surface area contributed by atoms with Crippen LogP contribution in [0.4, 0.5) is 0 Å². The first-order valence-electron chi connectivity index (χ1n) is 4.96. The molecule has 0 aromatic carbocycles. The summed E-state index contributed by atoms with van der Waals surface area (Å²) < 4.78 is 12.4. The molecule has 2 aromatic heterocycles. The Kier molecular flexibility index (Phi) is 2.16. The maximum atomic E-state index is 5.36. The van der Waals surface area contributed by atoms with E-state index in [2.05, 4.69) is 15.3 Å². The first-order chi connectivity index (χ1) is 7.83. The highest BCUT2D eigenvalue weighted by Crippen LogP contribution is 2.30. The molecule has 0 bridgehead atoms. The van der Waals surface area contributed by atoms with Crippen LogP contribution in [0.25, 0.3) is 5.82 Å². The van der Waals surface area contributed by atoms with E-state index < -0.39 is 0 Å². The number of rotatable bonds is 2. The lowest BCUT2D eigenvalue weighted by molar-refractivity contribution is -0.382. The van der Waals surface area contributed by atoms with Crippen LogP contribution in [0.3, 0.4) is 0 Å². The number of hydrogen-bond donors (Lipinski definition) is 0. The predicted molar refractivity (Wildman–Crippen MR) is 53.5 cm³/mol. The molecule has 1 saturated heterocycles. The first kappa shape index (κ1) is 9.44. The van der Waals surface area contributed by atoms with Crippen LogP contribution in [0, 0.1) is 0 Å². The van der Waals surface area contributed by atoms with Crippen LogP contribution in [-0.4, -0.2) is 26.3 Å². The van der Waals surface area contributed by atoms with Gasteiger partial charge in [0.05, 0.1) is 6.20 Å². The van der Waals surface area contributed by atoms with Crippen LogP contribution in [0.5, 0.6) is 0 Å². The van der Waals surface area contributed by atoms with Crippen molar-refractivity contribution in [1.29, 1.82) is 0 Å². The zero-order valence-electron chi connectivity index (χ0n) is 8.65. The summed E-state index contributed by atoms with van der Waals surface area (Å²) in [6.07, 6.45) is 4.70. The topological polar surface area (TPSA) is 62.1 Å². The summed E-state index contributed by atoms with van der Waals surface area (Å²) in [4.78, 5) is 0. The summed E-state index contributed by atoms with van der Waals surface area (Å²) in [6, 6.07) is 3.64. The molecule has 6 heteroatoms. The molecule has 0 N–H and O–H groups in total. The maximum Gasteiger partial charge on any atom is 0.192 e. The van der Waals surface area contributed by atoms with E-state index in [9.17, 15) is 0 Å². The van der Waals surface area contributed by atoms with Crippen molar-refractivity contribution in [3.8, 4) is 5.82 Å². The van der Waals surface area contributed by atoms with Crippen molar-refractivity contribution in [2.45, 2.75) is 19.5 Å². The Hall–Kier alpha value is -1.79. The lowest BCUT2D eigenvalue weighted by Crippen LogP contribution is -2.31. The molecule has 0 radical (unpaired) electrons. The fraction of sp³-hybridized carbons (Fsp3) is 0.300. The molecular formula is C10H10N4O2. The van der Waals surface area contributed by atoms with E-state index in [0.29, 0.717) is 5.82 Å². The van der Waals surface area contributed by atoms with Gasteiger partial charge in [0.2, 0.25) is 0 Å². The van der Waals surface area contributed by atoms with Gasteiger partial charge in [0, 0.05) is 18.0 Å². The summed E-state index contributed by atoms with van der Waals surface area (Å²) in [6.45, 7) is 1.85. The quantitative estimate of drug-likeness (QED) is 0.754. The highest BCUT2D eigenvalue weighted by molar-refractivity contribution is 5.20. The van der Waals surface area contributed by atoms with Gasteiger partial charge < -0.3 is 9.47 Å². The summed E-state index contributed by atoms with van der Waals surface area (Å²) >= 11 is 0. The standard InChI is InChI=1S/C10H10N4O2/c1-7-15-10(16-7)8-5-12-14(6-8)9-3-2-4-11-13-9/h2-7,10H,1H3. The van der Waals surface area contributed by atoms with Crippen molar-refractivity contribution in [2.75, 3.05) is 0 Å². The third-order valence-electron chi connectivity index (χ3n) is 2.30. The minimum atomic E-state index is -0.305. The molecule has 3 rings (SSSR count). The summed E-state index contributed by atoms with van der Waals surface area (Å²) in [5, 5.41) is 11.9. The fourth-order valence-corrected chi connectivity index (χ4v) is 1.51. The molecule has 82 valence electrons. The molecule has 1 fully saturated rings. The van der Waals surface area contributed by atoms with Gasteiger partial charge in [-0.3, -0.25) is 0 Å². The van der Waals surface area contributed by atoms with Crippen LogP contribution in [0.1, 0.15) is 18.8 Å². The van der Waals surface area contributed by atoms with E-state index >= 15 is 0 Å². The highest BCUT2D eigenvalue weighted by Gasteiger charge is 2.29. The van der Waals surface area contributed by atoms with E-state index in [0.717, 1.165) is 5.56 Å². The van der Waals surface area contributed by atoms with E-state index in [4.69, 9.17) is 9.47 Å². The van der Waals surface area contributed by atoms with E-state index in [1.165, 1.54) is 0 Å². The monoisotopic (exact) mass is 218 g/mol. The summed E-state index contributed by atoms with van der Waals surface area (Å²) in [5.74, 6) is 0.668. The van der Waals surface area contributed by atoms with Crippen molar-refractivity contribution in [1.82, 2.24) is 20.0 Å². The van der Waals surface area contributed by atoms with Gasteiger partial charge >= 0.3 is 0 Å².